The monoisotopic (exact) mass is 197 g/mol. The molecule has 0 spiro atoms. The summed E-state index contributed by atoms with van der Waals surface area (Å²) in [7, 11) is 0. The summed E-state index contributed by atoms with van der Waals surface area (Å²) in [6.07, 6.45) is 4.26. The van der Waals surface area contributed by atoms with Gasteiger partial charge < -0.3 is 15.5 Å². The van der Waals surface area contributed by atoms with E-state index in [1.54, 1.807) is 17.0 Å². The number of hydrogen-bond donors (Lipinski definition) is 2. The van der Waals surface area contributed by atoms with Crippen molar-refractivity contribution in [3.63, 3.8) is 0 Å². The maximum atomic E-state index is 11.3. The van der Waals surface area contributed by atoms with E-state index in [2.05, 4.69) is 4.98 Å². The summed E-state index contributed by atoms with van der Waals surface area (Å²) in [4.78, 5) is 13.9. The minimum absolute atomic E-state index is 0.00583. The van der Waals surface area contributed by atoms with E-state index in [9.17, 15) is 4.79 Å². The van der Waals surface area contributed by atoms with Gasteiger partial charge in [0.15, 0.2) is 0 Å². The normalized spacial score (nSPS) is 31.4. The van der Waals surface area contributed by atoms with Crippen LogP contribution in [0.5, 0.6) is 0 Å². The highest BCUT2D eigenvalue weighted by Crippen LogP contribution is 2.32. The van der Waals surface area contributed by atoms with Gasteiger partial charge in [0.2, 0.25) is 0 Å². The van der Waals surface area contributed by atoms with Crippen molar-refractivity contribution in [1.29, 1.82) is 0 Å². The molecule has 78 valence electrons. The summed E-state index contributed by atoms with van der Waals surface area (Å²) in [6.45, 7) is 2.61. The molecule has 1 heterocycles. The van der Waals surface area contributed by atoms with E-state index in [-0.39, 0.29) is 23.9 Å². The molecular weight excluding hydrogens is 182 g/mol. The van der Waals surface area contributed by atoms with E-state index in [0.29, 0.717) is 6.61 Å². The SMILES string of the molecule is CCOC1CC(N)C1n1cc[nH]c1=O. The van der Waals surface area contributed by atoms with Gasteiger partial charge in [-0.25, -0.2) is 4.79 Å². The lowest BCUT2D eigenvalue weighted by atomic mass is 9.83. The fourth-order valence-corrected chi connectivity index (χ4v) is 1.96. The second-order valence-corrected chi connectivity index (χ2v) is 3.56. The minimum Gasteiger partial charge on any atom is -0.376 e. The average Bonchev–Trinajstić information content (AvgIpc) is 2.52. The number of nitrogens with one attached hydrogen (secondary N) is 1. The van der Waals surface area contributed by atoms with Gasteiger partial charge in [-0.1, -0.05) is 0 Å². The summed E-state index contributed by atoms with van der Waals surface area (Å²) in [5.74, 6) is 0. The molecule has 1 aliphatic carbocycles. The van der Waals surface area contributed by atoms with Gasteiger partial charge in [0.25, 0.3) is 0 Å². The molecule has 1 aromatic rings. The zero-order chi connectivity index (χ0) is 10.1. The Morgan fingerprint density at radius 1 is 1.79 bits per heavy atom. The van der Waals surface area contributed by atoms with E-state index >= 15 is 0 Å². The van der Waals surface area contributed by atoms with Crippen molar-refractivity contribution >= 4 is 0 Å². The fraction of sp³-hybridized carbons (Fsp3) is 0.667. The predicted octanol–water partition coefficient (Wildman–Crippen LogP) is -0.146. The number of aromatic nitrogens is 2. The maximum Gasteiger partial charge on any atom is 0.325 e. The molecule has 1 fully saturated rings. The number of nitrogens with zero attached hydrogens (tertiary/aromatic N) is 1. The molecule has 3 unspecified atom stereocenters. The number of imidazole rings is 1. The first kappa shape index (κ1) is 9.48. The first-order valence-corrected chi connectivity index (χ1v) is 4.86. The van der Waals surface area contributed by atoms with Gasteiger partial charge in [0, 0.05) is 25.0 Å². The van der Waals surface area contributed by atoms with E-state index in [1.165, 1.54) is 0 Å². The van der Waals surface area contributed by atoms with Crippen LogP contribution in [0.15, 0.2) is 17.2 Å². The first-order valence-electron chi connectivity index (χ1n) is 4.86. The van der Waals surface area contributed by atoms with Crippen molar-refractivity contribution < 1.29 is 4.74 Å². The van der Waals surface area contributed by atoms with Crippen LogP contribution in [-0.2, 0) is 4.74 Å². The molecule has 0 amide bonds. The molecular formula is C9H15N3O2. The number of rotatable bonds is 3. The van der Waals surface area contributed by atoms with Crippen LogP contribution in [0.2, 0.25) is 0 Å². The van der Waals surface area contributed by atoms with Gasteiger partial charge in [-0.05, 0) is 13.3 Å². The molecule has 2 rings (SSSR count). The Kier molecular flexibility index (Phi) is 2.43. The molecule has 0 saturated heterocycles. The van der Waals surface area contributed by atoms with Crippen LogP contribution in [0.1, 0.15) is 19.4 Å². The highest BCUT2D eigenvalue weighted by molar-refractivity contribution is 5.00. The second kappa shape index (κ2) is 3.59. The molecule has 14 heavy (non-hydrogen) atoms. The third kappa shape index (κ3) is 1.38. The van der Waals surface area contributed by atoms with Gasteiger partial charge in [-0.15, -0.1) is 0 Å². The number of aromatic amines is 1. The minimum atomic E-state index is -0.116. The number of ether oxygens (including phenoxy) is 1. The van der Waals surface area contributed by atoms with Crippen LogP contribution >= 0.6 is 0 Å². The van der Waals surface area contributed by atoms with E-state index in [1.807, 2.05) is 6.92 Å². The molecule has 0 radical (unpaired) electrons. The Balaban J connectivity index is 2.17. The molecule has 0 aromatic carbocycles. The Labute approximate surface area is 81.9 Å². The molecule has 3 atom stereocenters. The van der Waals surface area contributed by atoms with Gasteiger partial charge in [-0.2, -0.15) is 0 Å². The van der Waals surface area contributed by atoms with Crippen LogP contribution in [0.3, 0.4) is 0 Å². The molecule has 3 N–H and O–H groups in total. The van der Waals surface area contributed by atoms with Crippen molar-refractivity contribution in [3.8, 4) is 0 Å². The first-order chi connectivity index (χ1) is 6.74. The summed E-state index contributed by atoms with van der Waals surface area (Å²) >= 11 is 0. The van der Waals surface area contributed by atoms with Gasteiger partial charge >= 0.3 is 5.69 Å². The predicted molar refractivity (Wildman–Crippen MR) is 52.1 cm³/mol. The Bertz CT molecular complexity index is 355. The van der Waals surface area contributed by atoms with E-state index in [0.717, 1.165) is 6.42 Å². The summed E-state index contributed by atoms with van der Waals surface area (Å²) in [5.41, 5.74) is 5.73. The lowest BCUT2D eigenvalue weighted by Gasteiger charge is -2.42. The van der Waals surface area contributed by atoms with Crippen LogP contribution in [0.25, 0.3) is 0 Å². The molecule has 5 nitrogen and oxygen atoms in total. The highest BCUT2D eigenvalue weighted by Gasteiger charge is 2.41. The summed E-state index contributed by atoms with van der Waals surface area (Å²) < 4.78 is 7.11. The van der Waals surface area contributed by atoms with E-state index < -0.39 is 0 Å². The number of nitrogens with two attached hydrogens (primary N) is 1. The molecule has 1 saturated carbocycles. The standard InChI is InChI=1S/C9H15N3O2/c1-2-14-7-5-6(10)8(7)12-4-3-11-9(12)13/h3-4,6-8H,2,5,10H2,1H3,(H,11,13). The van der Waals surface area contributed by atoms with Crippen molar-refractivity contribution in [3.05, 3.63) is 22.9 Å². The van der Waals surface area contributed by atoms with E-state index in [4.69, 9.17) is 10.5 Å². The van der Waals surface area contributed by atoms with Gasteiger partial charge in [-0.3, -0.25) is 4.57 Å². The summed E-state index contributed by atoms with van der Waals surface area (Å²) in [5, 5.41) is 0. The summed E-state index contributed by atoms with van der Waals surface area (Å²) in [6, 6.07) is 0.0220. The number of H-pyrrole nitrogens is 1. The molecule has 0 aliphatic heterocycles. The van der Waals surface area contributed by atoms with Crippen molar-refractivity contribution in [1.82, 2.24) is 9.55 Å². The second-order valence-electron chi connectivity index (χ2n) is 3.56. The third-order valence-electron chi connectivity index (χ3n) is 2.70. The molecule has 0 bridgehead atoms. The maximum absolute atomic E-state index is 11.3. The highest BCUT2D eigenvalue weighted by atomic mass is 16.5. The van der Waals surface area contributed by atoms with Crippen LogP contribution in [-0.4, -0.2) is 28.3 Å². The molecule has 5 heteroatoms. The molecule has 1 aliphatic rings. The smallest absolute Gasteiger partial charge is 0.325 e. The third-order valence-corrected chi connectivity index (χ3v) is 2.70. The van der Waals surface area contributed by atoms with Crippen molar-refractivity contribution in [2.24, 2.45) is 5.73 Å². The largest absolute Gasteiger partial charge is 0.376 e. The number of hydrogen-bond acceptors (Lipinski definition) is 3. The van der Waals surface area contributed by atoms with Crippen LogP contribution in [0, 0.1) is 0 Å². The van der Waals surface area contributed by atoms with Crippen molar-refractivity contribution in [2.45, 2.75) is 31.5 Å². The topological polar surface area (TPSA) is 73.0 Å². The Hall–Kier alpha value is -1.07. The van der Waals surface area contributed by atoms with Gasteiger partial charge in [0.1, 0.15) is 0 Å². The lowest BCUT2D eigenvalue weighted by Crippen LogP contribution is -2.55. The van der Waals surface area contributed by atoms with Gasteiger partial charge in [0.05, 0.1) is 12.1 Å². The lowest BCUT2D eigenvalue weighted by molar-refractivity contribution is -0.0480. The quantitative estimate of drug-likeness (QED) is 0.708. The molecule has 1 aromatic heterocycles. The zero-order valence-electron chi connectivity index (χ0n) is 8.14. The Morgan fingerprint density at radius 2 is 2.57 bits per heavy atom. The van der Waals surface area contributed by atoms with Crippen LogP contribution < -0.4 is 11.4 Å². The fourth-order valence-electron chi connectivity index (χ4n) is 1.96. The van der Waals surface area contributed by atoms with Crippen molar-refractivity contribution in [2.75, 3.05) is 6.61 Å². The van der Waals surface area contributed by atoms with Crippen LogP contribution in [0.4, 0.5) is 0 Å². The zero-order valence-corrected chi connectivity index (χ0v) is 8.14. The average molecular weight is 197 g/mol. The Morgan fingerprint density at radius 3 is 3.07 bits per heavy atom.